The van der Waals surface area contributed by atoms with E-state index < -0.39 is 5.97 Å². The van der Waals surface area contributed by atoms with E-state index in [-0.39, 0.29) is 5.78 Å². The molecule has 0 aliphatic heterocycles. The average Bonchev–Trinajstić information content (AvgIpc) is 3.03. The number of esters is 1. The Morgan fingerprint density at radius 3 is 2.24 bits per heavy atom. The summed E-state index contributed by atoms with van der Waals surface area (Å²) in [4.78, 5) is 24.9. The predicted molar refractivity (Wildman–Crippen MR) is 122 cm³/mol. The van der Waals surface area contributed by atoms with Gasteiger partial charge in [0.25, 0.3) is 0 Å². The van der Waals surface area contributed by atoms with E-state index in [1.165, 1.54) is 25.4 Å². The summed E-state index contributed by atoms with van der Waals surface area (Å²) in [6.45, 7) is 3.48. The van der Waals surface area contributed by atoms with Crippen LogP contribution in [0.1, 0.15) is 32.5 Å². The summed E-state index contributed by atoms with van der Waals surface area (Å²) < 4.78 is 5.02. The zero-order valence-electron chi connectivity index (χ0n) is 16.2. The number of Topliss-reactive ketones (excluding diaryl/α,β-unsaturated/α-hetero) is 1. The molecule has 3 rings (SSSR count). The summed E-state index contributed by atoms with van der Waals surface area (Å²) >= 11 is 6.86. The minimum absolute atomic E-state index is 0.00229. The van der Waals surface area contributed by atoms with Crippen molar-refractivity contribution in [3.8, 4) is 11.1 Å². The third-order valence-corrected chi connectivity index (χ3v) is 5.54. The number of carbonyl (C=O) groups is 2. The Hall–Kier alpha value is -3.03. The molecule has 0 radical (unpaired) electrons. The van der Waals surface area contributed by atoms with Gasteiger partial charge in [0, 0.05) is 21.7 Å². The number of methoxy groups -OCH3 is 1. The first-order valence-electron chi connectivity index (χ1n) is 8.87. The highest BCUT2D eigenvalue weighted by molar-refractivity contribution is 7.80. The minimum Gasteiger partial charge on any atom is -0.465 e. The van der Waals surface area contributed by atoms with Crippen LogP contribution < -0.4 is 10.6 Å². The molecule has 7 heteroatoms. The maximum Gasteiger partial charge on any atom is 0.341 e. The fourth-order valence-corrected chi connectivity index (χ4v) is 4.29. The molecule has 0 spiro atoms. The average molecular weight is 425 g/mol. The van der Waals surface area contributed by atoms with Gasteiger partial charge in [-0.1, -0.05) is 30.3 Å². The zero-order chi connectivity index (χ0) is 21.0. The van der Waals surface area contributed by atoms with Gasteiger partial charge in [0.1, 0.15) is 10.6 Å². The van der Waals surface area contributed by atoms with Crippen LogP contribution in [0, 0.1) is 6.92 Å². The minimum atomic E-state index is -0.427. The molecule has 0 aliphatic rings. The Morgan fingerprint density at radius 1 is 1.00 bits per heavy atom. The molecule has 0 saturated carbocycles. The number of ketones is 1. The van der Waals surface area contributed by atoms with Gasteiger partial charge in [-0.15, -0.1) is 11.3 Å². The van der Waals surface area contributed by atoms with E-state index in [0.29, 0.717) is 21.2 Å². The van der Waals surface area contributed by atoms with Gasteiger partial charge >= 0.3 is 5.97 Å². The third-order valence-electron chi connectivity index (χ3n) is 4.31. The largest absolute Gasteiger partial charge is 0.465 e. The molecule has 0 atom stereocenters. The van der Waals surface area contributed by atoms with Crippen molar-refractivity contribution in [2.75, 3.05) is 17.7 Å². The molecule has 148 valence electrons. The Labute approximate surface area is 178 Å². The summed E-state index contributed by atoms with van der Waals surface area (Å²) in [7, 11) is 1.36. The van der Waals surface area contributed by atoms with E-state index in [0.717, 1.165) is 21.7 Å². The molecular formula is C22H20N2O3S2. The molecule has 3 aromatic rings. The van der Waals surface area contributed by atoms with E-state index >= 15 is 0 Å². The van der Waals surface area contributed by atoms with Gasteiger partial charge in [0.2, 0.25) is 0 Å². The predicted octanol–water partition coefficient (Wildman–Crippen LogP) is 5.52. The molecule has 0 amide bonds. The fraction of sp³-hybridized carbons (Fsp3) is 0.136. The molecule has 0 bridgehead atoms. The Bertz CT molecular complexity index is 1060. The van der Waals surface area contributed by atoms with Crippen LogP contribution in [-0.2, 0) is 4.74 Å². The number of nitrogens with one attached hydrogen (secondary N) is 2. The molecule has 0 aliphatic carbocycles. The number of aryl methyl sites for hydroxylation is 1. The lowest BCUT2D eigenvalue weighted by Crippen LogP contribution is -2.20. The van der Waals surface area contributed by atoms with Crippen LogP contribution in [0.4, 0.5) is 10.7 Å². The number of hydrogen-bond acceptors (Lipinski definition) is 5. The topological polar surface area (TPSA) is 67.4 Å². The maximum atomic E-state index is 12.5. The first-order chi connectivity index (χ1) is 13.9. The number of anilines is 2. The summed E-state index contributed by atoms with van der Waals surface area (Å²) in [5, 5.41) is 7.14. The normalized spacial score (nSPS) is 10.3. The van der Waals surface area contributed by atoms with Crippen LogP contribution in [0.2, 0.25) is 0 Å². The molecule has 0 fully saturated rings. The zero-order valence-corrected chi connectivity index (χ0v) is 17.9. The van der Waals surface area contributed by atoms with Gasteiger partial charge in [-0.3, -0.25) is 4.79 Å². The van der Waals surface area contributed by atoms with Crippen molar-refractivity contribution in [2.45, 2.75) is 13.8 Å². The second kappa shape index (κ2) is 8.98. The van der Waals surface area contributed by atoms with Crippen molar-refractivity contribution in [3.63, 3.8) is 0 Å². The molecule has 2 N–H and O–H groups in total. The van der Waals surface area contributed by atoms with E-state index in [4.69, 9.17) is 17.0 Å². The lowest BCUT2D eigenvalue weighted by Gasteiger charge is -2.11. The number of carbonyl (C=O) groups excluding carboxylic acids is 2. The van der Waals surface area contributed by atoms with E-state index in [1.54, 1.807) is 24.3 Å². The van der Waals surface area contributed by atoms with Gasteiger partial charge in [0.15, 0.2) is 10.9 Å². The van der Waals surface area contributed by atoms with Crippen molar-refractivity contribution in [1.82, 2.24) is 0 Å². The SMILES string of the molecule is COC(=O)c1c(NC(=S)Nc2ccc(C(C)=O)cc2)sc(C)c1-c1ccccc1. The highest BCUT2D eigenvalue weighted by Gasteiger charge is 2.24. The Kier molecular flexibility index (Phi) is 6.41. The van der Waals surface area contributed by atoms with Crippen molar-refractivity contribution in [3.05, 3.63) is 70.6 Å². The molecule has 1 heterocycles. The molecule has 0 saturated heterocycles. The molecule has 5 nitrogen and oxygen atoms in total. The first-order valence-corrected chi connectivity index (χ1v) is 10.1. The number of ether oxygens (including phenoxy) is 1. The molecular weight excluding hydrogens is 404 g/mol. The van der Waals surface area contributed by atoms with Crippen molar-refractivity contribution >= 4 is 51.1 Å². The van der Waals surface area contributed by atoms with Crippen molar-refractivity contribution in [1.29, 1.82) is 0 Å². The van der Waals surface area contributed by atoms with Crippen LogP contribution in [0.3, 0.4) is 0 Å². The summed E-state index contributed by atoms with van der Waals surface area (Å²) in [5.41, 5.74) is 3.59. The lowest BCUT2D eigenvalue weighted by molar-refractivity contribution is 0.0603. The van der Waals surface area contributed by atoms with Gasteiger partial charge in [-0.05, 0) is 55.9 Å². The second-order valence-corrected chi connectivity index (χ2v) is 7.94. The monoisotopic (exact) mass is 424 g/mol. The van der Waals surface area contributed by atoms with E-state index in [1.807, 2.05) is 37.3 Å². The first kappa shape index (κ1) is 20.7. The van der Waals surface area contributed by atoms with Crippen LogP contribution in [0.15, 0.2) is 54.6 Å². The number of thiophene rings is 1. The van der Waals surface area contributed by atoms with Crippen LogP contribution >= 0.6 is 23.6 Å². The second-order valence-electron chi connectivity index (χ2n) is 6.31. The molecule has 0 unspecified atom stereocenters. The number of thiocarbonyl (C=S) groups is 1. The van der Waals surface area contributed by atoms with Crippen LogP contribution in [0.25, 0.3) is 11.1 Å². The van der Waals surface area contributed by atoms with Crippen LogP contribution in [-0.4, -0.2) is 24.0 Å². The Morgan fingerprint density at radius 2 is 1.66 bits per heavy atom. The lowest BCUT2D eigenvalue weighted by atomic mass is 10.0. The molecule has 29 heavy (non-hydrogen) atoms. The van der Waals surface area contributed by atoms with Crippen molar-refractivity contribution in [2.24, 2.45) is 0 Å². The summed E-state index contributed by atoms with van der Waals surface area (Å²) in [6, 6.07) is 16.7. The highest BCUT2D eigenvalue weighted by atomic mass is 32.1. The number of benzene rings is 2. The molecule has 2 aromatic carbocycles. The fourth-order valence-electron chi connectivity index (χ4n) is 2.94. The quantitative estimate of drug-likeness (QED) is 0.319. The van der Waals surface area contributed by atoms with Crippen molar-refractivity contribution < 1.29 is 14.3 Å². The van der Waals surface area contributed by atoms with Gasteiger partial charge in [-0.25, -0.2) is 4.79 Å². The van der Waals surface area contributed by atoms with Gasteiger partial charge in [0.05, 0.1) is 7.11 Å². The number of hydrogen-bond donors (Lipinski definition) is 2. The smallest absolute Gasteiger partial charge is 0.341 e. The van der Waals surface area contributed by atoms with Gasteiger partial charge < -0.3 is 15.4 Å². The maximum absolute atomic E-state index is 12.5. The van der Waals surface area contributed by atoms with Crippen LogP contribution in [0.5, 0.6) is 0 Å². The standard InChI is InChI=1S/C22H20N2O3S2/c1-13(25)15-9-11-17(12-10-15)23-22(28)24-20-19(21(26)27-3)18(14(2)29-20)16-7-5-4-6-8-16/h4-12H,1-3H3,(H2,23,24,28). The third kappa shape index (κ3) is 4.70. The summed E-state index contributed by atoms with van der Waals surface area (Å²) in [5.74, 6) is -0.424. The highest BCUT2D eigenvalue weighted by Crippen LogP contribution is 2.40. The van der Waals surface area contributed by atoms with Gasteiger partial charge in [-0.2, -0.15) is 0 Å². The number of rotatable bonds is 5. The van der Waals surface area contributed by atoms with E-state index in [2.05, 4.69) is 10.6 Å². The molecule has 1 aromatic heterocycles. The Balaban J connectivity index is 1.87. The summed E-state index contributed by atoms with van der Waals surface area (Å²) in [6.07, 6.45) is 0. The van der Waals surface area contributed by atoms with E-state index in [9.17, 15) is 9.59 Å².